The molecule has 102 valence electrons. The quantitative estimate of drug-likeness (QED) is 0.653. The van der Waals surface area contributed by atoms with E-state index in [0.29, 0.717) is 12.4 Å². The molecule has 0 aromatic carbocycles. The molecule has 7 heteroatoms. The van der Waals surface area contributed by atoms with Crippen molar-refractivity contribution in [2.45, 2.75) is 31.7 Å². The number of halogens is 1. The summed E-state index contributed by atoms with van der Waals surface area (Å²) >= 11 is 7.29. The summed E-state index contributed by atoms with van der Waals surface area (Å²) < 4.78 is 1.34. The Morgan fingerprint density at radius 3 is 2.89 bits per heavy atom. The van der Waals surface area contributed by atoms with Crippen molar-refractivity contribution in [2.75, 3.05) is 0 Å². The van der Waals surface area contributed by atoms with E-state index in [9.17, 15) is 9.59 Å². The lowest BCUT2D eigenvalue weighted by atomic mass is 10.2. The molecule has 0 saturated carbocycles. The third-order valence-corrected chi connectivity index (χ3v) is 3.88. The molecule has 1 N–H and O–H groups in total. The summed E-state index contributed by atoms with van der Waals surface area (Å²) in [5.41, 5.74) is 0.467. The fraction of sp³-hybridized carbons (Fsp3) is 0.417. The highest BCUT2D eigenvalue weighted by atomic mass is 35.5. The first-order chi connectivity index (χ1) is 9.19. The van der Waals surface area contributed by atoms with E-state index in [2.05, 4.69) is 10.1 Å². The largest absolute Gasteiger partial charge is 0.268 e. The number of H-pyrrole nitrogens is 1. The molecule has 0 amide bonds. The predicted molar refractivity (Wildman–Crippen MR) is 75.9 cm³/mol. The highest BCUT2D eigenvalue weighted by Crippen LogP contribution is 2.14. The van der Waals surface area contributed by atoms with Gasteiger partial charge >= 0.3 is 0 Å². The predicted octanol–water partition coefficient (Wildman–Crippen LogP) is 1.75. The third kappa shape index (κ3) is 4.04. The van der Waals surface area contributed by atoms with Crippen LogP contribution in [0.5, 0.6) is 0 Å². The highest BCUT2D eigenvalue weighted by Gasteiger charge is 2.01. The van der Waals surface area contributed by atoms with Gasteiger partial charge in [-0.3, -0.25) is 19.4 Å². The van der Waals surface area contributed by atoms with E-state index >= 15 is 0 Å². The first-order valence-electron chi connectivity index (χ1n) is 5.98. The van der Waals surface area contributed by atoms with Crippen LogP contribution in [0.4, 0.5) is 0 Å². The van der Waals surface area contributed by atoms with E-state index in [1.165, 1.54) is 16.8 Å². The Kier molecular flexibility index (Phi) is 4.93. The maximum Gasteiger partial charge on any atom is 0.265 e. The number of thiazole rings is 1. The monoisotopic (exact) mass is 299 g/mol. The maximum atomic E-state index is 11.4. The van der Waals surface area contributed by atoms with E-state index < -0.39 is 0 Å². The molecule has 0 saturated heterocycles. The van der Waals surface area contributed by atoms with Crippen LogP contribution in [0.2, 0.25) is 0 Å². The number of nitrogens with zero attached hydrogens (tertiary/aromatic N) is 2. The zero-order chi connectivity index (χ0) is 13.7. The fourth-order valence-electron chi connectivity index (χ4n) is 1.70. The minimum Gasteiger partial charge on any atom is -0.268 e. The van der Waals surface area contributed by atoms with Crippen molar-refractivity contribution in [1.82, 2.24) is 14.8 Å². The molecule has 5 nitrogen and oxygen atoms in total. The van der Waals surface area contributed by atoms with Crippen LogP contribution >= 0.6 is 22.9 Å². The fourth-order valence-corrected chi connectivity index (χ4v) is 2.77. The summed E-state index contributed by atoms with van der Waals surface area (Å²) in [6.45, 7) is 0.517. The van der Waals surface area contributed by atoms with Gasteiger partial charge in [0.2, 0.25) is 0 Å². The number of unbranched alkanes of at least 4 members (excludes halogenated alkanes) is 1. The Morgan fingerprint density at radius 2 is 2.16 bits per heavy atom. The molecular weight excluding hydrogens is 286 g/mol. The maximum absolute atomic E-state index is 11.4. The summed E-state index contributed by atoms with van der Waals surface area (Å²) in [4.78, 5) is 26.9. The van der Waals surface area contributed by atoms with Gasteiger partial charge in [0.15, 0.2) is 0 Å². The average Bonchev–Trinajstić information content (AvgIpc) is 2.86. The zero-order valence-corrected chi connectivity index (χ0v) is 11.8. The van der Waals surface area contributed by atoms with Crippen LogP contribution in [0.3, 0.4) is 0 Å². The Balaban J connectivity index is 1.82. The molecule has 0 unspecified atom stereocenters. The minimum atomic E-state index is -0.258. The van der Waals surface area contributed by atoms with Gasteiger partial charge in [0.25, 0.3) is 11.1 Å². The summed E-state index contributed by atoms with van der Waals surface area (Å²) in [5, 5.41) is 5.53. The van der Waals surface area contributed by atoms with E-state index in [0.717, 1.165) is 30.0 Å². The number of hydrogen-bond donors (Lipinski definition) is 1. The molecule has 0 aliphatic carbocycles. The Bertz CT molecular complexity index is 647. The second-order valence-electron chi connectivity index (χ2n) is 4.12. The highest BCUT2D eigenvalue weighted by molar-refractivity contribution is 7.09. The van der Waals surface area contributed by atoms with Crippen molar-refractivity contribution in [3.63, 3.8) is 0 Å². The molecule has 0 aliphatic heterocycles. The Labute approximate surface area is 118 Å². The lowest BCUT2D eigenvalue weighted by molar-refractivity contribution is 0.525. The standard InChI is InChI=1S/C12H14ClN3O2S/c13-7-9-8-19-11(14-9)3-1-2-6-16-12(18)5-4-10(17)15-16/h4-5,8H,1-3,6-7H2,(H,15,17). The number of aromatic amines is 1. The number of hydrogen-bond acceptors (Lipinski definition) is 4. The summed E-state index contributed by atoms with van der Waals surface area (Å²) in [6.07, 6.45) is 2.60. The van der Waals surface area contributed by atoms with Gasteiger partial charge in [-0.1, -0.05) is 0 Å². The number of nitrogens with one attached hydrogen (secondary N) is 1. The normalized spacial score (nSPS) is 10.8. The third-order valence-electron chi connectivity index (χ3n) is 2.65. The van der Waals surface area contributed by atoms with Crippen molar-refractivity contribution in [1.29, 1.82) is 0 Å². The molecule has 0 spiro atoms. The molecule has 0 fully saturated rings. The van der Waals surface area contributed by atoms with Crippen LogP contribution < -0.4 is 11.1 Å². The first-order valence-corrected chi connectivity index (χ1v) is 7.40. The number of aromatic nitrogens is 3. The van der Waals surface area contributed by atoms with Crippen molar-refractivity contribution in [3.8, 4) is 0 Å². The molecule has 0 aliphatic rings. The number of alkyl halides is 1. The van der Waals surface area contributed by atoms with Gasteiger partial charge in [-0.15, -0.1) is 22.9 Å². The van der Waals surface area contributed by atoms with Gasteiger partial charge in [-0.2, -0.15) is 0 Å². The van der Waals surface area contributed by atoms with Crippen LogP contribution in [0.25, 0.3) is 0 Å². The van der Waals surface area contributed by atoms with Gasteiger partial charge in [-0.05, 0) is 19.3 Å². The summed E-state index contributed by atoms with van der Waals surface area (Å²) in [7, 11) is 0. The van der Waals surface area contributed by atoms with E-state index in [-0.39, 0.29) is 11.1 Å². The molecule has 0 atom stereocenters. The van der Waals surface area contributed by atoms with Gasteiger partial charge in [0, 0.05) is 24.1 Å². The van der Waals surface area contributed by atoms with Crippen molar-refractivity contribution in [2.24, 2.45) is 0 Å². The van der Waals surface area contributed by atoms with Crippen LogP contribution in [-0.2, 0) is 18.8 Å². The van der Waals surface area contributed by atoms with Gasteiger partial charge in [-0.25, -0.2) is 4.98 Å². The molecule has 2 rings (SSSR count). The Morgan fingerprint density at radius 1 is 1.32 bits per heavy atom. The molecule has 0 radical (unpaired) electrons. The number of aryl methyl sites for hydroxylation is 2. The van der Waals surface area contributed by atoms with Crippen LogP contribution in [0.1, 0.15) is 23.5 Å². The van der Waals surface area contributed by atoms with Crippen molar-refractivity contribution < 1.29 is 0 Å². The van der Waals surface area contributed by atoms with Crippen LogP contribution in [-0.4, -0.2) is 14.8 Å². The first kappa shape index (κ1) is 14.0. The average molecular weight is 300 g/mol. The second kappa shape index (κ2) is 6.68. The van der Waals surface area contributed by atoms with E-state index in [4.69, 9.17) is 11.6 Å². The SMILES string of the molecule is O=c1ccc(=O)n(CCCCc2nc(CCl)cs2)[nH]1. The smallest absolute Gasteiger partial charge is 0.265 e. The lowest BCUT2D eigenvalue weighted by Gasteiger charge is -2.03. The Hall–Kier alpha value is -1.40. The van der Waals surface area contributed by atoms with Crippen LogP contribution in [0, 0.1) is 0 Å². The molecule has 2 heterocycles. The second-order valence-corrected chi connectivity index (χ2v) is 5.33. The molecule has 2 aromatic rings. The van der Waals surface area contributed by atoms with Crippen molar-refractivity contribution in [3.05, 3.63) is 48.9 Å². The molecule has 0 bridgehead atoms. The van der Waals surface area contributed by atoms with Gasteiger partial charge < -0.3 is 0 Å². The van der Waals surface area contributed by atoms with Crippen molar-refractivity contribution >= 4 is 22.9 Å². The topological polar surface area (TPSA) is 67.8 Å². The van der Waals surface area contributed by atoms with Gasteiger partial charge in [0.05, 0.1) is 16.6 Å². The minimum absolute atomic E-state index is 0.182. The van der Waals surface area contributed by atoms with E-state index in [1.807, 2.05) is 5.38 Å². The van der Waals surface area contributed by atoms with E-state index in [1.54, 1.807) is 11.3 Å². The molecule has 19 heavy (non-hydrogen) atoms. The van der Waals surface area contributed by atoms with Crippen LogP contribution in [0.15, 0.2) is 27.1 Å². The van der Waals surface area contributed by atoms with Gasteiger partial charge in [0.1, 0.15) is 0 Å². The zero-order valence-electron chi connectivity index (χ0n) is 10.3. The lowest BCUT2D eigenvalue weighted by Crippen LogP contribution is -2.27. The number of rotatable bonds is 6. The molecular formula is C12H14ClN3O2S. The summed E-state index contributed by atoms with van der Waals surface area (Å²) in [5.74, 6) is 0.442. The summed E-state index contributed by atoms with van der Waals surface area (Å²) in [6, 6.07) is 2.52. The molecule has 2 aromatic heterocycles.